The minimum atomic E-state index is 0.911. The summed E-state index contributed by atoms with van der Waals surface area (Å²) >= 11 is 0. The minimum Gasteiger partial charge on any atom is -0.254 e. The Kier molecular flexibility index (Phi) is 5.98. The third-order valence-corrected chi connectivity index (χ3v) is 8.86. The third kappa shape index (κ3) is 4.17. The van der Waals surface area contributed by atoms with Crippen LogP contribution in [0.2, 0.25) is 0 Å². The van der Waals surface area contributed by atoms with E-state index in [1.165, 1.54) is 32.7 Å². The second-order valence-electron chi connectivity index (χ2n) is 11.5. The standard InChI is InChI=1S/C44H24N2/c1-4-12-29(13-5-1)32-20-22-35-39(26-32)41(30-14-6-2-7-15-30)36-23-21-33(27-40(36)42(35)31-16-8-3-9-17-31)38-28-34-18-10-24-45-43(34)44-37(38)19-11-25-46-44/h2-4,6-8,10-16,18-28H. The molecular weight excluding hydrogens is 556 g/mol. The number of benzene rings is 5. The Morgan fingerprint density at radius 3 is 2.04 bits per heavy atom. The van der Waals surface area contributed by atoms with Crippen LogP contribution in [0.5, 0.6) is 0 Å². The van der Waals surface area contributed by atoms with Gasteiger partial charge in [-0.2, -0.15) is 0 Å². The van der Waals surface area contributed by atoms with Crippen LogP contribution in [0, 0.1) is 24.3 Å². The zero-order valence-electron chi connectivity index (χ0n) is 24.8. The van der Waals surface area contributed by atoms with Crippen LogP contribution in [0.4, 0.5) is 0 Å². The molecule has 7 aromatic carbocycles. The molecule has 2 aromatic heterocycles. The molecule has 0 amide bonds. The van der Waals surface area contributed by atoms with E-state index in [0.29, 0.717) is 0 Å². The molecule has 9 rings (SSSR count). The molecule has 0 aliphatic heterocycles. The maximum Gasteiger partial charge on any atom is 0.0970 e. The van der Waals surface area contributed by atoms with Crippen LogP contribution < -0.4 is 0 Å². The van der Waals surface area contributed by atoms with Crippen molar-refractivity contribution in [2.45, 2.75) is 0 Å². The number of rotatable bonds is 4. The van der Waals surface area contributed by atoms with Gasteiger partial charge in [0, 0.05) is 34.3 Å². The molecule has 0 bridgehead atoms. The Hall–Kier alpha value is -6.48. The largest absolute Gasteiger partial charge is 0.254 e. The van der Waals surface area contributed by atoms with Crippen molar-refractivity contribution in [1.29, 1.82) is 0 Å². The first kappa shape index (κ1) is 26.0. The van der Waals surface area contributed by atoms with Gasteiger partial charge in [0.25, 0.3) is 0 Å². The van der Waals surface area contributed by atoms with Gasteiger partial charge in [0.1, 0.15) is 0 Å². The molecule has 0 N–H and O–H groups in total. The van der Waals surface area contributed by atoms with Crippen molar-refractivity contribution in [2.75, 3.05) is 0 Å². The summed E-state index contributed by atoms with van der Waals surface area (Å²) < 4.78 is 0. The normalized spacial score (nSPS) is 11.1. The predicted octanol–water partition coefficient (Wildman–Crippen LogP) is 11.0. The van der Waals surface area contributed by atoms with E-state index >= 15 is 0 Å². The highest BCUT2D eigenvalue weighted by Crippen LogP contribution is 2.46. The Morgan fingerprint density at radius 1 is 0.435 bits per heavy atom. The first-order chi connectivity index (χ1) is 22.8. The molecule has 0 atom stereocenters. The zero-order chi connectivity index (χ0) is 30.5. The molecule has 2 nitrogen and oxygen atoms in total. The summed E-state index contributed by atoms with van der Waals surface area (Å²) in [4.78, 5) is 9.46. The zero-order valence-corrected chi connectivity index (χ0v) is 24.8. The number of nitrogens with zero attached hydrogens (tertiary/aromatic N) is 2. The number of aromatic nitrogens is 2. The average Bonchev–Trinajstić information content (AvgIpc) is 3.14. The van der Waals surface area contributed by atoms with E-state index < -0.39 is 0 Å². The molecule has 0 aliphatic carbocycles. The van der Waals surface area contributed by atoms with E-state index in [0.717, 1.165) is 55.2 Å². The van der Waals surface area contributed by atoms with Crippen LogP contribution in [0.1, 0.15) is 0 Å². The lowest BCUT2D eigenvalue weighted by Crippen LogP contribution is -1.93. The molecule has 9 aromatic rings. The average molecular weight is 581 g/mol. The summed E-state index contributed by atoms with van der Waals surface area (Å²) in [5, 5.41) is 6.86. The Bertz CT molecular complexity index is 2560. The van der Waals surface area contributed by atoms with Crippen LogP contribution in [-0.4, -0.2) is 9.97 Å². The summed E-state index contributed by atoms with van der Waals surface area (Å²) in [6.07, 6.45) is 3.68. The first-order valence-electron chi connectivity index (χ1n) is 15.3. The van der Waals surface area contributed by atoms with E-state index in [2.05, 4.69) is 126 Å². The molecule has 0 saturated carbocycles. The topological polar surface area (TPSA) is 25.8 Å². The van der Waals surface area contributed by atoms with Crippen molar-refractivity contribution in [3.8, 4) is 44.5 Å². The lowest BCUT2D eigenvalue weighted by atomic mass is 9.84. The predicted molar refractivity (Wildman–Crippen MR) is 189 cm³/mol. The minimum absolute atomic E-state index is 0.911. The molecule has 0 spiro atoms. The van der Waals surface area contributed by atoms with E-state index in [1.54, 1.807) is 0 Å². The van der Waals surface area contributed by atoms with Crippen molar-refractivity contribution in [2.24, 2.45) is 0 Å². The van der Waals surface area contributed by atoms with Crippen molar-refractivity contribution < 1.29 is 0 Å². The fourth-order valence-electron chi connectivity index (χ4n) is 6.82. The molecule has 0 aliphatic rings. The van der Waals surface area contributed by atoms with Gasteiger partial charge in [-0.25, -0.2) is 0 Å². The van der Waals surface area contributed by atoms with Crippen LogP contribution in [0.15, 0.2) is 146 Å². The molecule has 0 unspecified atom stereocenters. The van der Waals surface area contributed by atoms with Gasteiger partial charge in [0.15, 0.2) is 0 Å². The van der Waals surface area contributed by atoms with Crippen molar-refractivity contribution in [1.82, 2.24) is 9.97 Å². The van der Waals surface area contributed by atoms with Crippen molar-refractivity contribution in [3.05, 3.63) is 170 Å². The van der Waals surface area contributed by atoms with E-state index in [4.69, 9.17) is 4.98 Å². The molecule has 0 radical (unpaired) electrons. The van der Waals surface area contributed by atoms with Crippen LogP contribution in [0.3, 0.4) is 0 Å². The SMILES string of the molecule is c1cccc(-c2c3cc(-c4cc5cccnc5c5ncccc45)ccc3c(-c3ccccc3)c3cc(-c4cc#ccc4)ccc23)c#1. The summed E-state index contributed by atoms with van der Waals surface area (Å²) in [6.45, 7) is 0. The van der Waals surface area contributed by atoms with Crippen molar-refractivity contribution in [3.63, 3.8) is 0 Å². The molecule has 46 heavy (non-hydrogen) atoms. The number of hydrogen-bond donors (Lipinski definition) is 0. The second-order valence-corrected chi connectivity index (χ2v) is 11.5. The van der Waals surface area contributed by atoms with Gasteiger partial charge in [-0.05, 0) is 116 Å². The van der Waals surface area contributed by atoms with E-state index in [9.17, 15) is 0 Å². The molecule has 0 fully saturated rings. The number of hydrogen-bond acceptors (Lipinski definition) is 2. The Labute approximate surface area is 267 Å². The Morgan fingerprint density at radius 2 is 1.22 bits per heavy atom. The molecule has 0 saturated heterocycles. The fourth-order valence-corrected chi connectivity index (χ4v) is 6.82. The van der Waals surface area contributed by atoms with Gasteiger partial charge in [-0.15, -0.1) is 0 Å². The smallest absolute Gasteiger partial charge is 0.0970 e. The third-order valence-electron chi connectivity index (χ3n) is 8.86. The first-order valence-corrected chi connectivity index (χ1v) is 15.3. The van der Waals surface area contributed by atoms with Gasteiger partial charge in [-0.3, -0.25) is 9.97 Å². The van der Waals surface area contributed by atoms with E-state index in [-0.39, 0.29) is 0 Å². The van der Waals surface area contributed by atoms with E-state index in [1.807, 2.05) is 48.8 Å². The van der Waals surface area contributed by atoms with Crippen LogP contribution in [-0.2, 0) is 0 Å². The van der Waals surface area contributed by atoms with Gasteiger partial charge < -0.3 is 0 Å². The lowest BCUT2D eigenvalue weighted by Gasteiger charge is -2.19. The maximum atomic E-state index is 4.78. The fraction of sp³-hybridized carbons (Fsp3) is 0. The summed E-state index contributed by atoms with van der Waals surface area (Å²) in [6, 6.07) is 59.8. The highest BCUT2D eigenvalue weighted by molar-refractivity contribution is 6.23. The second kappa shape index (κ2) is 10.6. The quantitative estimate of drug-likeness (QED) is 0.153. The maximum absolute atomic E-state index is 4.78. The van der Waals surface area contributed by atoms with Crippen LogP contribution >= 0.6 is 0 Å². The van der Waals surface area contributed by atoms with Gasteiger partial charge in [0.2, 0.25) is 0 Å². The molecule has 210 valence electrons. The van der Waals surface area contributed by atoms with Crippen LogP contribution in [0.25, 0.3) is 87.9 Å². The molecule has 2 heterocycles. The molecule has 2 heteroatoms. The summed E-state index contributed by atoms with van der Waals surface area (Å²) in [5.41, 5.74) is 10.9. The highest BCUT2D eigenvalue weighted by atomic mass is 14.7. The number of fused-ring (bicyclic) bond motifs is 5. The monoisotopic (exact) mass is 580 g/mol. The summed E-state index contributed by atoms with van der Waals surface area (Å²) in [5.74, 6) is 0. The van der Waals surface area contributed by atoms with Gasteiger partial charge in [-0.1, -0.05) is 97.1 Å². The summed E-state index contributed by atoms with van der Waals surface area (Å²) in [7, 11) is 0. The van der Waals surface area contributed by atoms with Crippen molar-refractivity contribution >= 4 is 43.4 Å². The highest BCUT2D eigenvalue weighted by Gasteiger charge is 2.19. The van der Waals surface area contributed by atoms with Gasteiger partial charge >= 0.3 is 0 Å². The molecular formula is C44H24N2. The number of pyridine rings is 2. The Balaban J connectivity index is 1.42. The lowest BCUT2D eigenvalue weighted by molar-refractivity contribution is 1.37. The van der Waals surface area contributed by atoms with Gasteiger partial charge in [0.05, 0.1) is 11.0 Å².